The van der Waals surface area contributed by atoms with Crippen LogP contribution in [0.15, 0.2) is 54.6 Å². The van der Waals surface area contributed by atoms with Gasteiger partial charge in [-0.1, -0.05) is 68.3 Å². The van der Waals surface area contributed by atoms with E-state index in [0.29, 0.717) is 5.92 Å². The van der Waals surface area contributed by atoms with Crippen LogP contribution in [0, 0.1) is 12.8 Å². The van der Waals surface area contributed by atoms with Gasteiger partial charge in [0, 0.05) is 5.69 Å². The first kappa shape index (κ1) is 15.3. The van der Waals surface area contributed by atoms with E-state index >= 15 is 0 Å². The van der Waals surface area contributed by atoms with Gasteiger partial charge in [0.2, 0.25) is 5.91 Å². The first-order valence-electron chi connectivity index (χ1n) is 7.54. The molecular formula is C19H23NO. The summed E-state index contributed by atoms with van der Waals surface area (Å²) >= 11 is 0. The van der Waals surface area contributed by atoms with Crippen LogP contribution in [-0.4, -0.2) is 5.91 Å². The van der Waals surface area contributed by atoms with E-state index in [2.05, 4.69) is 19.2 Å². The Morgan fingerprint density at radius 1 is 1.05 bits per heavy atom. The summed E-state index contributed by atoms with van der Waals surface area (Å²) in [6.45, 7) is 6.30. The molecule has 0 saturated carbocycles. The van der Waals surface area contributed by atoms with Crippen molar-refractivity contribution in [3.8, 4) is 0 Å². The highest BCUT2D eigenvalue weighted by Gasteiger charge is 2.25. The SMILES string of the molecule is CC[C@H](C)[C@H](C(=O)Nc1ccc(C)cc1)c1ccccc1. The Labute approximate surface area is 127 Å². The quantitative estimate of drug-likeness (QED) is 0.841. The molecule has 2 heteroatoms. The maximum absolute atomic E-state index is 12.7. The van der Waals surface area contributed by atoms with E-state index in [9.17, 15) is 4.79 Å². The van der Waals surface area contributed by atoms with Gasteiger partial charge < -0.3 is 5.32 Å². The molecule has 21 heavy (non-hydrogen) atoms. The van der Waals surface area contributed by atoms with E-state index in [1.54, 1.807) is 0 Å². The molecule has 0 aliphatic carbocycles. The molecule has 2 nitrogen and oxygen atoms in total. The van der Waals surface area contributed by atoms with E-state index < -0.39 is 0 Å². The lowest BCUT2D eigenvalue weighted by molar-refractivity contribution is -0.118. The summed E-state index contributed by atoms with van der Waals surface area (Å²) in [7, 11) is 0. The Morgan fingerprint density at radius 3 is 2.24 bits per heavy atom. The molecule has 1 amide bonds. The van der Waals surface area contributed by atoms with Crippen molar-refractivity contribution >= 4 is 11.6 Å². The lowest BCUT2D eigenvalue weighted by Crippen LogP contribution is -2.26. The van der Waals surface area contributed by atoms with Crippen LogP contribution in [0.2, 0.25) is 0 Å². The molecular weight excluding hydrogens is 258 g/mol. The minimum atomic E-state index is -0.113. The highest BCUT2D eigenvalue weighted by molar-refractivity contribution is 5.96. The summed E-state index contributed by atoms with van der Waals surface area (Å²) < 4.78 is 0. The molecule has 0 aliphatic heterocycles. The number of nitrogens with one attached hydrogen (secondary N) is 1. The predicted molar refractivity (Wildman–Crippen MR) is 88.4 cm³/mol. The van der Waals surface area contributed by atoms with Crippen LogP contribution in [0.25, 0.3) is 0 Å². The van der Waals surface area contributed by atoms with Crippen LogP contribution in [0.4, 0.5) is 5.69 Å². The second-order valence-corrected chi connectivity index (χ2v) is 5.63. The summed E-state index contributed by atoms with van der Waals surface area (Å²) in [6.07, 6.45) is 0.973. The summed E-state index contributed by atoms with van der Waals surface area (Å²) in [6, 6.07) is 17.9. The van der Waals surface area contributed by atoms with E-state index in [1.807, 2.05) is 61.5 Å². The van der Waals surface area contributed by atoms with Gasteiger partial charge in [0.1, 0.15) is 0 Å². The second-order valence-electron chi connectivity index (χ2n) is 5.63. The average Bonchev–Trinajstić information content (AvgIpc) is 2.50. The van der Waals surface area contributed by atoms with Crippen LogP contribution in [0.5, 0.6) is 0 Å². The van der Waals surface area contributed by atoms with Crippen molar-refractivity contribution in [3.63, 3.8) is 0 Å². The number of aryl methyl sites for hydroxylation is 1. The Bertz CT molecular complexity index is 574. The molecule has 0 bridgehead atoms. The highest BCUT2D eigenvalue weighted by Crippen LogP contribution is 2.28. The number of anilines is 1. The van der Waals surface area contributed by atoms with Gasteiger partial charge in [0.15, 0.2) is 0 Å². The number of carbonyl (C=O) groups is 1. The minimum absolute atomic E-state index is 0.0689. The maximum Gasteiger partial charge on any atom is 0.232 e. The molecule has 110 valence electrons. The van der Waals surface area contributed by atoms with Crippen LogP contribution < -0.4 is 5.32 Å². The van der Waals surface area contributed by atoms with Gasteiger partial charge in [-0.05, 0) is 30.5 Å². The molecule has 0 unspecified atom stereocenters. The van der Waals surface area contributed by atoms with Crippen LogP contribution in [0.3, 0.4) is 0 Å². The zero-order valence-corrected chi connectivity index (χ0v) is 13.0. The minimum Gasteiger partial charge on any atom is -0.326 e. The van der Waals surface area contributed by atoms with Crippen molar-refractivity contribution < 1.29 is 4.79 Å². The van der Waals surface area contributed by atoms with E-state index in [1.165, 1.54) is 5.56 Å². The predicted octanol–water partition coefficient (Wildman–Crippen LogP) is 4.76. The molecule has 1 N–H and O–H groups in total. The molecule has 0 aliphatic rings. The molecule has 2 atom stereocenters. The van der Waals surface area contributed by atoms with Crippen molar-refractivity contribution in [2.24, 2.45) is 5.92 Å². The first-order valence-corrected chi connectivity index (χ1v) is 7.54. The summed E-state index contributed by atoms with van der Waals surface area (Å²) in [5.74, 6) is 0.259. The van der Waals surface area contributed by atoms with Crippen molar-refractivity contribution in [3.05, 3.63) is 65.7 Å². The first-order chi connectivity index (χ1) is 10.1. The van der Waals surface area contributed by atoms with Gasteiger partial charge in [-0.25, -0.2) is 0 Å². The van der Waals surface area contributed by atoms with Gasteiger partial charge in [0.05, 0.1) is 5.92 Å². The fourth-order valence-corrected chi connectivity index (χ4v) is 2.49. The second kappa shape index (κ2) is 7.07. The summed E-state index contributed by atoms with van der Waals surface area (Å²) in [4.78, 5) is 12.7. The normalized spacial score (nSPS) is 13.5. The lowest BCUT2D eigenvalue weighted by Gasteiger charge is -2.22. The Hall–Kier alpha value is -2.09. The van der Waals surface area contributed by atoms with E-state index in [0.717, 1.165) is 17.7 Å². The number of hydrogen-bond acceptors (Lipinski definition) is 1. The van der Waals surface area contributed by atoms with E-state index in [-0.39, 0.29) is 11.8 Å². The van der Waals surface area contributed by atoms with Crippen LogP contribution in [0.1, 0.15) is 37.3 Å². The number of carbonyl (C=O) groups excluding carboxylic acids is 1. The number of hydrogen-bond donors (Lipinski definition) is 1. The third-order valence-corrected chi connectivity index (χ3v) is 3.97. The fourth-order valence-electron chi connectivity index (χ4n) is 2.49. The third-order valence-electron chi connectivity index (χ3n) is 3.97. The van der Waals surface area contributed by atoms with Gasteiger partial charge in [-0.2, -0.15) is 0 Å². The molecule has 0 spiro atoms. The van der Waals surface area contributed by atoms with Crippen molar-refractivity contribution in [1.82, 2.24) is 0 Å². The molecule has 0 aromatic heterocycles. The van der Waals surface area contributed by atoms with Crippen LogP contribution in [-0.2, 0) is 4.79 Å². The summed E-state index contributed by atoms with van der Waals surface area (Å²) in [5, 5.41) is 3.04. The number of benzene rings is 2. The van der Waals surface area contributed by atoms with E-state index in [4.69, 9.17) is 0 Å². The van der Waals surface area contributed by atoms with Crippen molar-refractivity contribution in [1.29, 1.82) is 0 Å². The van der Waals surface area contributed by atoms with Gasteiger partial charge in [-0.15, -0.1) is 0 Å². The van der Waals surface area contributed by atoms with Crippen LogP contribution >= 0.6 is 0 Å². The Balaban J connectivity index is 2.20. The molecule has 2 rings (SSSR count). The van der Waals surface area contributed by atoms with Gasteiger partial charge in [-0.3, -0.25) is 4.79 Å². The van der Waals surface area contributed by atoms with Crippen molar-refractivity contribution in [2.45, 2.75) is 33.1 Å². The summed E-state index contributed by atoms with van der Waals surface area (Å²) in [5.41, 5.74) is 3.13. The third kappa shape index (κ3) is 3.94. The largest absolute Gasteiger partial charge is 0.326 e. The number of amides is 1. The molecule has 0 fully saturated rings. The molecule has 2 aromatic rings. The highest BCUT2D eigenvalue weighted by atomic mass is 16.1. The zero-order valence-electron chi connectivity index (χ0n) is 13.0. The Morgan fingerprint density at radius 2 is 1.67 bits per heavy atom. The molecule has 0 heterocycles. The Kier molecular flexibility index (Phi) is 5.15. The smallest absolute Gasteiger partial charge is 0.232 e. The van der Waals surface area contributed by atoms with Gasteiger partial charge >= 0.3 is 0 Å². The molecule has 0 radical (unpaired) electrons. The molecule has 2 aromatic carbocycles. The standard InChI is InChI=1S/C19H23NO/c1-4-15(3)18(16-8-6-5-7-9-16)19(21)20-17-12-10-14(2)11-13-17/h5-13,15,18H,4H2,1-3H3,(H,20,21)/t15-,18-/m0/s1. The van der Waals surface area contributed by atoms with Gasteiger partial charge in [0.25, 0.3) is 0 Å². The monoisotopic (exact) mass is 281 g/mol. The zero-order chi connectivity index (χ0) is 15.2. The fraction of sp³-hybridized carbons (Fsp3) is 0.316. The molecule has 0 saturated heterocycles. The topological polar surface area (TPSA) is 29.1 Å². The average molecular weight is 281 g/mol. The van der Waals surface area contributed by atoms with Crippen molar-refractivity contribution in [2.75, 3.05) is 5.32 Å². The maximum atomic E-state index is 12.7. The lowest BCUT2D eigenvalue weighted by atomic mass is 9.85. The number of rotatable bonds is 5.